The predicted molar refractivity (Wildman–Crippen MR) is 63.1 cm³/mol. The van der Waals surface area contributed by atoms with Crippen molar-refractivity contribution >= 4 is 33.2 Å². The molecule has 5 heteroatoms. The summed E-state index contributed by atoms with van der Waals surface area (Å²) in [5.74, 6) is -0.689. The molecule has 1 aromatic heterocycles. The van der Waals surface area contributed by atoms with E-state index in [1.54, 1.807) is 11.3 Å². The molecule has 15 heavy (non-hydrogen) atoms. The minimum atomic E-state index is -0.689. The molecule has 0 aromatic carbocycles. The average molecular weight is 290 g/mol. The molecule has 1 heterocycles. The molecule has 1 atom stereocenters. The zero-order valence-electron chi connectivity index (χ0n) is 8.29. The summed E-state index contributed by atoms with van der Waals surface area (Å²) in [5, 5.41) is 14.3. The highest BCUT2D eigenvalue weighted by atomic mass is 79.9. The summed E-state index contributed by atoms with van der Waals surface area (Å²) in [4.78, 5) is 12.3. The van der Waals surface area contributed by atoms with E-state index in [9.17, 15) is 9.90 Å². The summed E-state index contributed by atoms with van der Waals surface area (Å²) in [6.45, 7) is 0. The van der Waals surface area contributed by atoms with Crippen molar-refractivity contribution in [1.29, 1.82) is 0 Å². The Morgan fingerprint density at radius 2 is 2.40 bits per heavy atom. The van der Waals surface area contributed by atoms with E-state index in [-0.39, 0.29) is 6.04 Å². The third-order valence-electron chi connectivity index (χ3n) is 2.93. The Bertz CT molecular complexity index is 387. The molecule has 1 fully saturated rings. The molecule has 1 unspecified atom stereocenters. The van der Waals surface area contributed by atoms with Crippen LogP contribution < -0.4 is 5.32 Å². The first kappa shape index (κ1) is 11.1. The van der Waals surface area contributed by atoms with Gasteiger partial charge in [0, 0.05) is 14.7 Å². The van der Waals surface area contributed by atoms with Crippen molar-refractivity contribution in [3.8, 4) is 0 Å². The van der Waals surface area contributed by atoms with E-state index in [0.29, 0.717) is 0 Å². The van der Waals surface area contributed by atoms with Gasteiger partial charge >= 0.3 is 5.97 Å². The molecule has 1 aliphatic carbocycles. The molecule has 0 saturated heterocycles. The third kappa shape index (κ3) is 1.84. The number of halogens is 1. The van der Waals surface area contributed by atoms with Gasteiger partial charge in [-0.1, -0.05) is 0 Å². The van der Waals surface area contributed by atoms with E-state index >= 15 is 0 Å². The Hall–Kier alpha value is -0.390. The maximum atomic E-state index is 11.2. The number of aliphatic carboxylic acids is 1. The average Bonchev–Trinajstić information content (AvgIpc) is 2.87. The standard InChI is InChI=1S/C10H12BrNO2S/c1-12-8(7-4-6(11)5-15-7)10(2-3-10)9(13)14/h4-5,8,12H,2-3H2,1H3,(H,13,14). The number of carbonyl (C=O) groups is 1. The van der Waals surface area contributed by atoms with Gasteiger partial charge in [0.05, 0.1) is 11.5 Å². The Morgan fingerprint density at radius 1 is 1.73 bits per heavy atom. The Kier molecular flexibility index (Phi) is 2.87. The van der Waals surface area contributed by atoms with Gasteiger partial charge in [0.1, 0.15) is 0 Å². The highest BCUT2D eigenvalue weighted by Gasteiger charge is 2.56. The van der Waals surface area contributed by atoms with Gasteiger partial charge in [0.2, 0.25) is 0 Å². The number of nitrogens with one attached hydrogen (secondary N) is 1. The summed E-state index contributed by atoms with van der Waals surface area (Å²) in [6.07, 6.45) is 1.53. The largest absolute Gasteiger partial charge is 0.481 e. The minimum absolute atomic E-state index is 0.0636. The fraction of sp³-hybridized carbons (Fsp3) is 0.500. The number of rotatable bonds is 4. The molecule has 0 amide bonds. The fourth-order valence-corrected chi connectivity index (χ4v) is 3.60. The van der Waals surface area contributed by atoms with Crippen LogP contribution in [-0.4, -0.2) is 18.1 Å². The van der Waals surface area contributed by atoms with E-state index < -0.39 is 11.4 Å². The molecule has 0 aliphatic heterocycles. The van der Waals surface area contributed by atoms with Crippen molar-refractivity contribution in [1.82, 2.24) is 5.32 Å². The molecule has 2 rings (SSSR count). The topological polar surface area (TPSA) is 49.3 Å². The van der Waals surface area contributed by atoms with Gasteiger partial charge in [-0.15, -0.1) is 11.3 Å². The summed E-state index contributed by atoms with van der Waals surface area (Å²) >= 11 is 4.98. The summed E-state index contributed by atoms with van der Waals surface area (Å²) in [5.41, 5.74) is -0.570. The second-order valence-corrected chi connectivity index (χ2v) is 5.71. The van der Waals surface area contributed by atoms with Crippen LogP contribution in [0.1, 0.15) is 23.8 Å². The van der Waals surface area contributed by atoms with Crippen LogP contribution in [-0.2, 0) is 4.79 Å². The highest BCUT2D eigenvalue weighted by Crippen LogP contribution is 2.56. The van der Waals surface area contributed by atoms with Crippen LogP contribution in [0.5, 0.6) is 0 Å². The fourth-order valence-electron chi connectivity index (χ4n) is 1.93. The van der Waals surface area contributed by atoms with Crippen LogP contribution in [0.25, 0.3) is 0 Å². The molecule has 82 valence electrons. The molecule has 1 aromatic rings. The second-order valence-electron chi connectivity index (χ2n) is 3.85. The first-order chi connectivity index (χ1) is 7.10. The van der Waals surface area contributed by atoms with Gasteiger partial charge in [-0.25, -0.2) is 0 Å². The normalized spacial score (nSPS) is 19.9. The summed E-state index contributed by atoms with van der Waals surface area (Å²) in [7, 11) is 1.82. The van der Waals surface area contributed by atoms with E-state index in [4.69, 9.17) is 0 Å². The number of hydrogen-bond acceptors (Lipinski definition) is 3. The van der Waals surface area contributed by atoms with Crippen molar-refractivity contribution in [2.24, 2.45) is 5.41 Å². The zero-order chi connectivity index (χ0) is 11.1. The first-order valence-corrected chi connectivity index (χ1v) is 6.42. The lowest BCUT2D eigenvalue weighted by atomic mass is 9.95. The molecule has 2 N–H and O–H groups in total. The van der Waals surface area contributed by atoms with Crippen LogP contribution in [0.3, 0.4) is 0 Å². The minimum Gasteiger partial charge on any atom is -0.481 e. The molecule has 0 radical (unpaired) electrons. The van der Waals surface area contributed by atoms with E-state index in [0.717, 1.165) is 22.2 Å². The number of carboxylic acids is 1. The van der Waals surface area contributed by atoms with Crippen LogP contribution >= 0.6 is 27.3 Å². The molecule has 0 spiro atoms. The molecule has 3 nitrogen and oxygen atoms in total. The van der Waals surface area contributed by atoms with Crippen molar-refractivity contribution in [2.45, 2.75) is 18.9 Å². The summed E-state index contributed by atoms with van der Waals surface area (Å²) in [6, 6.07) is 1.93. The van der Waals surface area contributed by atoms with Crippen molar-refractivity contribution in [2.75, 3.05) is 7.05 Å². The summed E-state index contributed by atoms with van der Waals surface area (Å²) < 4.78 is 1.02. The van der Waals surface area contributed by atoms with E-state index in [1.165, 1.54) is 0 Å². The Morgan fingerprint density at radius 3 is 2.73 bits per heavy atom. The molecular formula is C10H12BrNO2S. The maximum Gasteiger partial charge on any atom is 0.311 e. The second kappa shape index (κ2) is 3.88. The smallest absolute Gasteiger partial charge is 0.311 e. The van der Waals surface area contributed by atoms with Gasteiger partial charge in [-0.2, -0.15) is 0 Å². The SMILES string of the molecule is CNC(c1cc(Br)cs1)C1(C(=O)O)CC1. The quantitative estimate of drug-likeness (QED) is 0.896. The highest BCUT2D eigenvalue weighted by molar-refractivity contribution is 9.10. The number of thiophene rings is 1. The molecule has 1 aliphatic rings. The number of carboxylic acid groups (broad SMARTS) is 1. The first-order valence-electron chi connectivity index (χ1n) is 4.75. The molecule has 1 saturated carbocycles. The van der Waals surface area contributed by atoms with Crippen LogP contribution in [0.15, 0.2) is 15.9 Å². The Labute approximate surface area is 101 Å². The van der Waals surface area contributed by atoms with Crippen molar-refractivity contribution < 1.29 is 9.90 Å². The van der Waals surface area contributed by atoms with Crippen molar-refractivity contribution in [3.05, 3.63) is 20.8 Å². The monoisotopic (exact) mass is 289 g/mol. The van der Waals surface area contributed by atoms with Gasteiger partial charge in [-0.3, -0.25) is 4.79 Å². The lowest BCUT2D eigenvalue weighted by molar-refractivity contribution is -0.144. The maximum absolute atomic E-state index is 11.2. The van der Waals surface area contributed by atoms with Crippen LogP contribution in [0.2, 0.25) is 0 Å². The van der Waals surface area contributed by atoms with Gasteiger partial charge in [0.25, 0.3) is 0 Å². The van der Waals surface area contributed by atoms with E-state index in [1.807, 2.05) is 18.5 Å². The zero-order valence-corrected chi connectivity index (χ0v) is 10.7. The Balaban J connectivity index is 2.29. The molecule has 0 bridgehead atoms. The van der Waals surface area contributed by atoms with Crippen LogP contribution in [0, 0.1) is 5.41 Å². The van der Waals surface area contributed by atoms with E-state index in [2.05, 4.69) is 21.2 Å². The van der Waals surface area contributed by atoms with Gasteiger partial charge in [0.15, 0.2) is 0 Å². The van der Waals surface area contributed by atoms with Gasteiger partial charge in [-0.05, 0) is 41.9 Å². The number of hydrogen-bond donors (Lipinski definition) is 2. The predicted octanol–water partition coefficient (Wildman–Crippen LogP) is 2.64. The van der Waals surface area contributed by atoms with Crippen LogP contribution in [0.4, 0.5) is 0 Å². The van der Waals surface area contributed by atoms with Gasteiger partial charge < -0.3 is 10.4 Å². The molecular weight excluding hydrogens is 278 g/mol. The lowest BCUT2D eigenvalue weighted by Gasteiger charge is -2.21. The third-order valence-corrected chi connectivity index (χ3v) is 4.69. The lowest BCUT2D eigenvalue weighted by Crippen LogP contribution is -2.31. The van der Waals surface area contributed by atoms with Crippen molar-refractivity contribution in [3.63, 3.8) is 0 Å².